The number of carbonyl (C=O) groups excluding carboxylic acids is 1. The van der Waals surface area contributed by atoms with E-state index in [9.17, 15) is 13.6 Å². The molecule has 0 radical (unpaired) electrons. The SMILES string of the molecule is COc1ccc(C2CC(=O)Nc3c2ncn3-c2cc(F)ccc2F)c(OC)c1. The zero-order valence-corrected chi connectivity index (χ0v) is 15.2. The zero-order chi connectivity index (χ0) is 19.8. The van der Waals surface area contributed by atoms with Crippen LogP contribution in [-0.4, -0.2) is 29.7 Å². The van der Waals surface area contributed by atoms with E-state index in [1.54, 1.807) is 19.2 Å². The number of benzene rings is 2. The summed E-state index contributed by atoms with van der Waals surface area (Å²) >= 11 is 0. The van der Waals surface area contributed by atoms with Gasteiger partial charge in [0.25, 0.3) is 0 Å². The maximum atomic E-state index is 14.3. The molecule has 1 aliphatic rings. The Morgan fingerprint density at radius 3 is 2.71 bits per heavy atom. The van der Waals surface area contributed by atoms with E-state index in [0.717, 1.165) is 23.8 Å². The second-order valence-electron chi connectivity index (χ2n) is 6.36. The van der Waals surface area contributed by atoms with Gasteiger partial charge < -0.3 is 14.8 Å². The maximum Gasteiger partial charge on any atom is 0.226 e. The molecule has 1 N–H and O–H groups in total. The lowest BCUT2D eigenvalue weighted by Gasteiger charge is -2.25. The van der Waals surface area contributed by atoms with Crippen LogP contribution in [0.3, 0.4) is 0 Å². The summed E-state index contributed by atoms with van der Waals surface area (Å²) in [5.74, 6) is -0.390. The van der Waals surface area contributed by atoms with E-state index in [0.29, 0.717) is 23.0 Å². The zero-order valence-electron chi connectivity index (χ0n) is 15.2. The molecule has 0 saturated heterocycles. The molecule has 1 aliphatic heterocycles. The Morgan fingerprint density at radius 2 is 1.96 bits per heavy atom. The number of rotatable bonds is 4. The van der Waals surface area contributed by atoms with Gasteiger partial charge in [0, 0.05) is 30.0 Å². The number of halogens is 2. The number of methoxy groups -OCH3 is 2. The standard InChI is InChI=1S/C20H17F2N3O3/c1-27-12-4-5-13(17(8-12)28-2)14-9-18(26)24-20-19(14)23-10-25(20)16-7-11(21)3-6-15(16)22/h3-8,10,14H,9H2,1-2H3,(H,24,26). The van der Waals surface area contributed by atoms with Gasteiger partial charge in [-0.15, -0.1) is 0 Å². The van der Waals surface area contributed by atoms with E-state index >= 15 is 0 Å². The summed E-state index contributed by atoms with van der Waals surface area (Å²) in [4.78, 5) is 16.8. The van der Waals surface area contributed by atoms with E-state index in [1.165, 1.54) is 18.0 Å². The van der Waals surface area contributed by atoms with E-state index in [2.05, 4.69) is 10.3 Å². The molecule has 1 atom stereocenters. The predicted octanol–water partition coefficient (Wildman–Crippen LogP) is 3.64. The van der Waals surface area contributed by atoms with Gasteiger partial charge in [0.1, 0.15) is 35.3 Å². The van der Waals surface area contributed by atoms with Crippen LogP contribution in [0.15, 0.2) is 42.7 Å². The van der Waals surface area contributed by atoms with Crippen LogP contribution in [-0.2, 0) is 4.79 Å². The molecule has 3 aromatic rings. The average molecular weight is 385 g/mol. The van der Waals surface area contributed by atoms with Crippen LogP contribution in [0, 0.1) is 11.6 Å². The van der Waals surface area contributed by atoms with Crippen molar-refractivity contribution in [1.82, 2.24) is 9.55 Å². The molecule has 0 saturated carbocycles. The normalized spacial score (nSPS) is 15.7. The lowest BCUT2D eigenvalue weighted by molar-refractivity contribution is -0.116. The van der Waals surface area contributed by atoms with Crippen LogP contribution in [0.2, 0.25) is 0 Å². The minimum absolute atomic E-state index is 0.0311. The highest BCUT2D eigenvalue weighted by Crippen LogP contribution is 2.42. The number of ether oxygens (including phenoxy) is 2. The smallest absolute Gasteiger partial charge is 0.226 e. The summed E-state index contributed by atoms with van der Waals surface area (Å²) in [5.41, 5.74) is 1.27. The Balaban J connectivity index is 1.85. The van der Waals surface area contributed by atoms with E-state index < -0.39 is 17.6 Å². The van der Waals surface area contributed by atoms with Gasteiger partial charge in [-0.25, -0.2) is 13.8 Å². The van der Waals surface area contributed by atoms with Crippen LogP contribution in [0.25, 0.3) is 5.69 Å². The van der Waals surface area contributed by atoms with Crippen molar-refractivity contribution in [2.24, 2.45) is 0 Å². The fourth-order valence-corrected chi connectivity index (χ4v) is 3.42. The molecule has 1 aromatic heterocycles. The molecule has 144 valence electrons. The van der Waals surface area contributed by atoms with Crippen LogP contribution < -0.4 is 14.8 Å². The molecule has 4 rings (SSSR count). The Kier molecular flexibility index (Phi) is 4.46. The molecule has 0 fully saturated rings. The fourth-order valence-electron chi connectivity index (χ4n) is 3.42. The number of anilines is 1. The first-order chi connectivity index (χ1) is 13.5. The highest BCUT2D eigenvalue weighted by molar-refractivity contribution is 5.94. The molecule has 2 heterocycles. The van der Waals surface area contributed by atoms with E-state index in [-0.39, 0.29) is 18.0 Å². The van der Waals surface area contributed by atoms with Crippen molar-refractivity contribution in [2.75, 3.05) is 19.5 Å². The Hall–Kier alpha value is -3.42. The van der Waals surface area contributed by atoms with Gasteiger partial charge in [-0.2, -0.15) is 0 Å². The Morgan fingerprint density at radius 1 is 1.14 bits per heavy atom. The quantitative estimate of drug-likeness (QED) is 0.745. The van der Waals surface area contributed by atoms with Gasteiger partial charge in [0.15, 0.2) is 0 Å². The molecule has 1 unspecified atom stereocenters. The Labute approximate surface area is 159 Å². The number of nitrogens with one attached hydrogen (secondary N) is 1. The molecule has 2 aromatic carbocycles. The second kappa shape index (κ2) is 6.95. The van der Waals surface area contributed by atoms with Gasteiger partial charge in [0.05, 0.1) is 25.6 Å². The molecule has 0 bridgehead atoms. The van der Waals surface area contributed by atoms with Gasteiger partial charge in [-0.05, 0) is 18.2 Å². The third-order valence-electron chi connectivity index (χ3n) is 4.76. The first-order valence-electron chi connectivity index (χ1n) is 8.56. The van der Waals surface area contributed by atoms with Crippen molar-refractivity contribution in [2.45, 2.75) is 12.3 Å². The van der Waals surface area contributed by atoms with Crippen molar-refractivity contribution < 1.29 is 23.0 Å². The lowest BCUT2D eigenvalue weighted by Crippen LogP contribution is -2.25. The molecule has 0 spiro atoms. The van der Waals surface area contributed by atoms with Crippen molar-refractivity contribution in [1.29, 1.82) is 0 Å². The van der Waals surface area contributed by atoms with Crippen LogP contribution in [0.4, 0.5) is 14.6 Å². The van der Waals surface area contributed by atoms with E-state index in [1.807, 2.05) is 6.07 Å². The summed E-state index contributed by atoms with van der Waals surface area (Å²) in [7, 11) is 3.08. The topological polar surface area (TPSA) is 65.4 Å². The lowest BCUT2D eigenvalue weighted by atomic mass is 9.89. The van der Waals surface area contributed by atoms with Crippen molar-refractivity contribution in [3.63, 3.8) is 0 Å². The highest BCUT2D eigenvalue weighted by Gasteiger charge is 2.33. The minimum atomic E-state index is -0.625. The fraction of sp³-hybridized carbons (Fsp3) is 0.200. The first-order valence-corrected chi connectivity index (χ1v) is 8.56. The molecule has 6 nitrogen and oxygen atoms in total. The third-order valence-corrected chi connectivity index (χ3v) is 4.76. The number of hydrogen-bond donors (Lipinski definition) is 1. The largest absolute Gasteiger partial charge is 0.497 e. The van der Waals surface area contributed by atoms with Crippen LogP contribution in [0.5, 0.6) is 11.5 Å². The Bertz CT molecular complexity index is 1060. The second-order valence-corrected chi connectivity index (χ2v) is 6.36. The molecular weight excluding hydrogens is 368 g/mol. The average Bonchev–Trinajstić information content (AvgIpc) is 3.12. The molecule has 1 amide bonds. The highest BCUT2D eigenvalue weighted by atomic mass is 19.1. The van der Waals surface area contributed by atoms with E-state index in [4.69, 9.17) is 9.47 Å². The van der Waals surface area contributed by atoms with Crippen molar-refractivity contribution >= 4 is 11.7 Å². The van der Waals surface area contributed by atoms with Gasteiger partial charge in [-0.3, -0.25) is 9.36 Å². The van der Waals surface area contributed by atoms with Crippen molar-refractivity contribution in [3.05, 3.63) is 65.6 Å². The number of nitrogens with zero attached hydrogens (tertiary/aromatic N) is 2. The first kappa shape index (κ1) is 18.0. The maximum absolute atomic E-state index is 14.3. The number of amides is 1. The van der Waals surface area contributed by atoms with Crippen molar-refractivity contribution in [3.8, 4) is 17.2 Å². The predicted molar refractivity (Wildman–Crippen MR) is 98.1 cm³/mol. The van der Waals surface area contributed by atoms with Gasteiger partial charge >= 0.3 is 0 Å². The molecule has 28 heavy (non-hydrogen) atoms. The number of imidazole rings is 1. The number of carbonyl (C=O) groups is 1. The summed E-state index contributed by atoms with van der Waals surface area (Å²) in [5, 5.41) is 2.72. The van der Waals surface area contributed by atoms with Gasteiger partial charge in [0.2, 0.25) is 5.91 Å². The molecular formula is C20H17F2N3O3. The van der Waals surface area contributed by atoms with Crippen LogP contribution >= 0.6 is 0 Å². The third kappa shape index (κ3) is 2.96. The monoisotopic (exact) mass is 385 g/mol. The summed E-state index contributed by atoms with van der Waals surface area (Å²) in [6.07, 6.45) is 1.52. The van der Waals surface area contributed by atoms with Gasteiger partial charge in [-0.1, -0.05) is 6.07 Å². The minimum Gasteiger partial charge on any atom is -0.497 e. The molecule has 0 aliphatic carbocycles. The summed E-state index contributed by atoms with van der Waals surface area (Å²) in [6, 6.07) is 8.43. The molecule has 8 heteroatoms. The summed E-state index contributed by atoms with van der Waals surface area (Å²) in [6.45, 7) is 0. The number of aromatic nitrogens is 2. The van der Waals surface area contributed by atoms with Crippen LogP contribution in [0.1, 0.15) is 23.6 Å². The summed E-state index contributed by atoms with van der Waals surface area (Å²) < 4.78 is 39.9. The number of fused-ring (bicyclic) bond motifs is 1. The number of hydrogen-bond acceptors (Lipinski definition) is 4.